The maximum atomic E-state index is 13.7. The number of aryl methyl sites for hydroxylation is 1. The van der Waals surface area contributed by atoms with Crippen molar-refractivity contribution in [2.75, 3.05) is 0 Å². The van der Waals surface area contributed by atoms with Crippen molar-refractivity contribution in [2.45, 2.75) is 6.92 Å². The second-order valence-electron chi connectivity index (χ2n) is 4.40. The molecule has 0 amide bonds. The minimum atomic E-state index is -0.581. The second kappa shape index (κ2) is 4.83. The quantitative estimate of drug-likeness (QED) is 0.658. The van der Waals surface area contributed by atoms with E-state index >= 15 is 0 Å². The summed E-state index contributed by atoms with van der Waals surface area (Å²) in [6.07, 6.45) is 0. The van der Waals surface area contributed by atoms with Gasteiger partial charge in [0.15, 0.2) is 11.3 Å². The third-order valence-corrected chi connectivity index (χ3v) is 3.40. The van der Waals surface area contributed by atoms with Crippen molar-refractivity contribution >= 4 is 32.8 Å². The van der Waals surface area contributed by atoms with Gasteiger partial charge in [0.2, 0.25) is 5.78 Å². The van der Waals surface area contributed by atoms with Gasteiger partial charge in [-0.15, -0.1) is 0 Å². The van der Waals surface area contributed by atoms with E-state index in [9.17, 15) is 9.18 Å². The summed E-state index contributed by atoms with van der Waals surface area (Å²) in [6.45, 7) is 1.85. The van der Waals surface area contributed by atoms with Gasteiger partial charge in [0.05, 0.1) is 5.56 Å². The van der Waals surface area contributed by atoms with Crippen LogP contribution in [0.15, 0.2) is 45.3 Å². The molecule has 0 bridgehead atoms. The van der Waals surface area contributed by atoms with Gasteiger partial charge < -0.3 is 4.42 Å². The number of fused-ring (bicyclic) bond motifs is 1. The number of furan rings is 1. The number of hydrogen-bond donors (Lipinski definition) is 0. The summed E-state index contributed by atoms with van der Waals surface area (Å²) >= 11 is 3.22. The number of nitrogens with zero attached hydrogens (tertiary/aromatic N) is 1. The molecular weight excluding hydrogens is 325 g/mol. The zero-order valence-corrected chi connectivity index (χ0v) is 12.1. The van der Waals surface area contributed by atoms with E-state index in [0.29, 0.717) is 15.6 Å². The van der Waals surface area contributed by atoms with Crippen LogP contribution in [0.1, 0.15) is 21.8 Å². The SMILES string of the molecule is Cc1ccc2oc(C(=O)c3cc(Br)ccc3F)cc2n1. The molecule has 100 valence electrons. The van der Waals surface area contributed by atoms with Crippen molar-refractivity contribution in [3.63, 3.8) is 0 Å². The summed E-state index contributed by atoms with van der Waals surface area (Å²) in [6, 6.07) is 9.28. The smallest absolute Gasteiger partial charge is 0.231 e. The lowest BCUT2D eigenvalue weighted by atomic mass is 10.1. The molecule has 0 radical (unpaired) electrons. The topological polar surface area (TPSA) is 43.1 Å². The Bertz CT molecular complexity index is 826. The minimum Gasteiger partial charge on any atom is -0.451 e. The van der Waals surface area contributed by atoms with E-state index in [2.05, 4.69) is 20.9 Å². The van der Waals surface area contributed by atoms with Gasteiger partial charge in [-0.25, -0.2) is 9.37 Å². The molecule has 3 nitrogen and oxygen atoms in total. The Morgan fingerprint density at radius 1 is 1.25 bits per heavy atom. The van der Waals surface area contributed by atoms with Crippen LogP contribution in [0.4, 0.5) is 4.39 Å². The fourth-order valence-electron chi connectivity index (χ4n) is 1.94. The fraction of sp³-hybridized carbons (Fsp3) is 0.0667. The van der Waals surface area contributed by atoms with E-state index in [1.165, 1.54) is 24.3 Å². The average Bonchev–Trinajstić information content (AvgIpc) is 2.83. The van der Waals surface area contributed by atoms with E-state index < -0.39 is 11.6 Å². The van der Waals surface area contributed by atoms with E-state index in [1.807, 2.05) is 6.92 Å². The van der Waals surface area contributed by atoms with Crippen molar-refractivity contribution in [2.24, 2.45) is 0 Å². The first-order chi connectivity index (χ1) is 9.54. The van der Waals surface area contributed by atoms with Gasteiger partial charge in [-0.3, -0.25) is 4.79 Å². The highest BCUT2D eigenvalue weighted by Gasteiger charge is 2.19. The molecule has 0 unspecified atom stereocenters. The average molecular weight is 334 g/mol. The molecule has 3 rings (SSSR count). The standard InChI is InChI=1S/C15H9BrFNO2/c1-8-2-5-13-12(18-8)7-14(20-13)15(19)10-6-9(16)3-4-11(10)17/h2-7H,1H3. The molecule has 3 aromatic rings. The Balaban J connectivity index is 2.10. The number of rotatable bonds is 2. The maximum Gasteiger partial charge on any atom is 0.231 e. The molecule has 20 heavy (non-hydrogen) atoms. The number of hydrogen-bond acceptors (Lipinski definition) is 3. The minimum absolute atomic E-state index is 0.0323. The molecular formula is C15H9BrFNO2. The fourth-order valence-corrected chi connectivity index (χ4v) is 2.30. The van der Waals surface area contributed by atoms with Crippen LogP contribution in [0.25, 0.3) is 11.1 Å². The molecule has 0 saturated heterocycles. The lowest BCUT2D eigenvalue weighted by Gasteiger charge is -2.00. The molecule has 1 aromatic carbocycles. The highest BCUT2D eigenvalue weighted by molar-refractivity contribution is 9.10. The summed E-state index contributed by atoms with van der Waals surface area (Å²) in [5.41, 5.74) is 1.89. The first kappa shape index (κ1) is 13.0. The van der Waals surface area contributed by atoms with Crippen LogP contribution in [-0.4, -0.2) is 10.8 Å². The first-order valence-electron chi connectivity index (χ1n) is 5.91. The second-order valence-corrected chi connectivity index (χ2v) is 5.32. The van der Waals surface area contributed by atoms with Crippen molar-refractivity contribution in [3.8, 4) is 0 Å². The lowest BCUT2D eigenvalue weighted by Crippen LogP contribution is -2.02. The third kappa shape index (κ3) is 2.25. The Labute approximate surface area is 122 Å². The number of aromatic nitrogens is 1. The van der Waals surface area contributed by atoms with Crippen LogP contribution in [-0.2, 0) is 0 Å². The van der Waals surface area contributed by atoms with Crippen molar-refractivity contribution in [3.05, 3.63) is 63.7 Å². The van der Waals surface area contributed by atoms with Gasteiger partial charge in [-0.2, -0.15) is 0 Å². The highest BCUT2D eigenvalue weighted by atomic mass is 79.9. The zero-order chi connectivity index (χ0) is 14.3. The monoisotopic (exact) mass is 333 g/mol. The van der Waals surface area contributed by atoms with E-state index in [-0.39, 0.29) is 11.3 Å². The third-order valence-electron chi connectivity index (χ3n) is 2.91. The number of carbonyl (C=O) groups is 1. The molecule has 0 atom stereocenters. The van der Waals surface area contributed by atoms with Crippen LogP contribution in [0.3, 0.4) is 0 Å². The van der Waals surface area contributed by atoms with Crippen LogP contribution in [0.2, 0.25) is 0 Å². The molecule has 2 heterocycles. The molecule has 5 heteroatoms. The summed E-state index contributed by atoms with van der Waals surface area (Å²) in [7, 11) is 0. The van der Waals surface area contributed by atoms with E-state index in [4.69, 9.17) is 4.42 Å². The number of ketones is 1. The lowest BCUT2D eigenvalue weighted by molar-refractivity contribution is 0.101. The van der Waals surface area contributed by atoms with Gasteiger partial charge in [0.1, 0.15) is 11.3 Å². The summed E-state index contributed by atoms with van der Waals surface area (Å²) < 4.78 is 19.8. The number of benzene rings is 1. The summed E-state index contributed by atoms with van der Waals surface area (Å²) in [5, 5.41) is 0. The molecule has 0 aliphatic carbocycles. The Hall–Kier alpha value is -2.01. The summed E-state index contributed by atoms with van der Waals surface area (Å²) in [4.78, 5) is 16.6. The van der Waals surface area contributed by atoms with Gasteiger partial charge in [-0.1, -0.05) is 15.9 Å². The van der Waals surface area contributed by atoms with E-state index in [0.717, 1.165) is 5.69 Å². The van der Waals surface area contributed by atoms with Crippen molar-refractivity contribution < 1.29 is 13.6 Å². The summed E-state index contributed by atoms with van der Waals surface area (Å²) in [5.74, 6) is -1.00. The molecule has 0 aliphatic rings. The predicted octanol–water partition coefficient (Wildman–Crippen LogP) is 4.27. The van der Waals surface area contributed by atoms with Gasteiger partial charge >= 0.3 is 0 Å². The predicted molar refractivity (Wildman–Crippen MR) is 76.3 cm³/mol. The Kier molecular flexibility index (Phi) is 3.14. The van der Waals surface area contributed by atoms with Crippen LogP contribution < -0.4 is 0 Å². The molecule has 0 aliphatic heterocycles. The zero-order valence-electron chi connectivity index (χ0n) is 10.5. The number of pyridine rings is 1. The molecule has 0 spiro atoms. The largest absolute Gasteiger partial charge is 0.451 e. The Morgan fingerprint density at radius 2 is 2.05 bits per heavy atom. The van der Waals surface area contributed by atoms with Gasteiger partial charge in [0.25, 0.3) is 0 Å². The van der Waals surface area contributed by atoms with Crippen molar-refractivity contribution in [1.29, 1.82) is 0 Å². The number of carbonyl (C=O) groups excluding carboxylic acids is 1. The molecule has 2 aromatic heterocycles. The highest BCUT2D eigenvalue weighted by Crippen LogP contribution is 2.23. The normalized spacial score (nSPS) is 10.9. The van der Waals surface area contributed by atoms with E-state index in [1.54, 1.807) is 12.1 Å². The van der Waals surface area contributed by atoms with Crippen molar-refractivity contribution in [1.82, 2.24) is 4.98 Å². The number of halogens is 2. The van der Waals surface area contributed by atoms with Gasteiger partial charge in [0, 0.05) is 16.2 Å². The Morgan fingerprint density at radius 3 is 2.85 bits per heavy atom. The maximum absolute atomic E-state index is 13.7. The van der Waals surface area contributed by atoms with Crippen LogP contribution in [0, 0.1) is 12.7 Å². The van der Waals surface area contributed by atoms with Gasteiger partial charge in [-0.05, 0) is 37.3 Å². The van der Waals surface area contributed by atoms with Crippen LogP contribution in [0.5, 0.6) is 0 Å². The molecule has 0 N–H and O–H groups in total. The first-order valence-corrected chi connectivity index (χ1v) is 6.71. The molecule has 0 fully saturated rings. The van der Waals surface area contributed by atoms with Crippen LogP contribution >= 0.6 is 15.9 Å². The molecule has 0 saturated carbocycles.